The smallest absolute Gasteiger partial charge is 0.336 e. The Kier molecular flexibility index (Phi) is 9.39. The summed E-state index contributed by atoms with van der Waals surface area (Å²) in [6.45, 7) is 4.58. The number of hydrogen-bond acceptors (Lipinski definition) is 9. The molecule has 1 aromatic heterocycles. The van der Waals surface area contributed by atoms with E-state index in [1.165, 1.54) is 17.7 Å². The zero-order valence-electron chi connectivity index (χ0n) is 27.1. The van der Waals surface area contributed by atoms with Crippen LogP contribution in [0, 0.1) is 5.92 Å². The first-order valence-electron chi connectivity index (χ1n) is 17.2. The number of rotatable bonds is 13. The number of aryl methyl sites for hydroxylation is 1. The standard InChI is InChI=1S/C38H44N4O6/c43-32-12-10-29(30-11-13-35(45)40-36(30)32)33(44)23-39-18-3-4-21-47-28-8-5-7-27(22-28)41-38(17-14-25-6-1-2-9-31(25)38)37(46)48-34-24-42-19-15-26(34)16-20-42/h1-2,5-13,22,26,33-34,39,41,43-44H,3-4,14-21,23-24H2,(H,40,45)/t33-,34-,38?/m0/s1. The summed E-state index contributed by atoms with van der Waals surface area (Å²) < 4.78 is 12.4. The highest BCUT2D eigenvalue weighted by atomic mass is 16.5. The molecule has 8 rings (SSSR count). The number of ether oxygens (including phenoxy) is 2. The van der Waals surface area contributed by atoms with E-state index in [4.69, 9.17) is 9.47 Å². The van der Waals surface area contributed by atoms with Crippen molar-refractivity contribution in [3.05, 3.63) is 99.8 Å². The number of nitrogens with zero attached hydrogens (tertiary/aromatic N) is 1. The van der Waals surface area contributed by atoms with E-state index in [-0.39, 0.29) is 23.4 Å². The first-order chi connectivity index (χ1) is 23.4. The number of pyridine rings is 1. The van der Waals surface area contributed by atoms with Crippen molar-refractivity contribution in [2.45, 2.75) is 56.3 Å². The van der Waals surface area contributed by atoms with E-state index in [1.807, 2.05) is 36.4 Å². The molecule has 4 heterocycles. The van der Waals surface area contributed by atoms with Gasteiger partial charge in [-0.25, -0.2) is 4.79 Å². The molecule has 48 heavy (non-hydrogen) atoms. The molecule has 2 bridgehead atoms. The number of H-pyrrole nitrogens is 1. The number of piperidine rings is 3. The van der Waals surface area contributed by atoms with Crippen LogP contribution in [0.15, 0.2) is 77.6 Å². The molecular formula is C38H44N4O6. The first-order valence-corrected chi connectivity index (χ1v) is 17.2. The fraction of sp³-hybridized carbons (Fsp3) is 0.421. The highest BCUT2D eigenvalue weighted by Crippen LogP contribution is 2.42. The summed E-state index contributed by atoms with van der Waals surface area (Å²) in [6.07, 6.45) is 4.44. The molecule has 0 saturated carbocycles. The fourth-order valence-electron chi connectivity index (χ4n) is 7.64. The van der Waals surface area contributed by atoms with E-state index in [0.717, 1.165) is 68.7 Å². The molecule has 0 amide bonds. The molecule has 3 aromatic carbocycles. The molecule has 3 fully saturated rings. The van der Waals surface area contributed by atoms with Crippen LogP contribution in [0.4, 0.5) is 5.69 Å². The Morgan fingerprint density at radius 1 is 1.04 bits per heavy atom. The second-order valence-corrected chi connectivity index (χ2v) is 13.4. The number of anilines is 1. The van der Waals surface area contributed by atoms with Gasteiger partial charge in [-0.1, -0.05) is 36.4 Å². The van der Waals surface area contributed by atoms with Gasteiger partial charge in [0.25, 0.3) is 0 Å². The van der Waals surface area contributed by atoms with Crippen LogP contribution in [0.25, 0.3) is 10.9 Å². The molecule has 5 N–H and O–H groups in total. The Balaban J connectivity index is 0.920. The highest BCUT2D eigenvalue weighted by molar-refractivity contribution is 5.88. The van der Waals surface area contributed by atoms with E-state index in [1.54, 1.807) is 12.1 Å². The average Bonchev–Trinajstić information content (AvgIpc) is 3.48. The maximum Gasteiger partial charge on any atom is 0.336 e. The number of esters is 1. The summed E-state index contributed by atoms with van der Waals surface area (Å²) in [5.74, 6) is 0.951. The van der Waals surface area contributed by atoms with Crippen molar-refractivity contribution in [3.63, 3.8) is 0 Å². The van der Waals surface area contributed by atoms with Gasteiger partial charge in [0.2, 0.25) is 5.56 Å². The third-order valence-electron chi connectivity index (χ3n) is 10.3. The van der Waals surface area contributed by atoms with Gasteiger partial charge in [-0.2, -0.15) is 0 Å². The van der Waals surface area contributed by atoms with Gasteiger partial charge < -0.3 is 35.3 Å². The average molecular weight is 653 g/mol. The van der Waals surface area contributed by atoms with Crippen molar-refractivity contribution in [2.24, 2.45) is 5.92 Å². The van der Waals surface area contributed by atoms with Crippen LogP contribution in [0.1, 0.15) is 54.9 Å². The molecule has 3 atom stereocenters. The number of aromatic amines is 1. The van der Waals surface area contributed by atoms with Crippen molar-refractivity contribution in [3.8, 4) is 11.5 Å². The minimum atomic E-state index is -0.943. The number of nitrogens with one attached hydrogen (secondary N) is 3. The number of phenols is 1. The third-order valence-corrected chi connectivity index (χ3v) is 10.3. The number of phenolic OH excluding ortho intramolecular Hbond substituents is 1. The van der Waals surface area contributed by atoms with Crippen molar-refractivity contribution in [1.29, 1.82) is 0 Å². The van der Waals surface area contributed by atoms with E-state index >= 15 is 0 Å². The Hall–Kier alpha value is -4.38. The second-order valence-electron chi connectivity index (χ2n) is 13.4. The van der Waals surface area contributed by atoms with Crippen molar-refractivity contribution in [1.82, 2.24) is 15.2 Å². The summed E-state index contributed by atoms with van der Waals surface area (Å²) >= 11 is 0. The Labute approximate surface area is 280 Å². The normalized spacial score (nSPS) is 23.5. The van der Waals surface area contributed by atoms with Gasteiger partial charge in [0, 0.05) is 36.3 Å². The Morgan fingerprint density at radius 3 is 2.73 bits per heavy atom. The fourth-order valence-corrected chi connectivity index (χ4v) is 7.64. The highest BCUT2D eigenvalue weighted by Gasteiger charge is 2.49. The summed E-state index contributed by atoms with van der Waals surface area (Å²) in [4.78, 5) is 30.8. The second kappa shape index (κ2) is 14.0. The van der Waals surface area contributed by atoms with E-state index in [2.05, 4.69) is 32.7 Å². The molecule has 4 aliphatic rings. The zero-order chi connectivity index (χ0) is 33.1. The van der Waals surface area contributed by atoms with E-state index in [0.29, 0.717) is 48.5 Å². The lowest BCUT2D eigenvalue weighted by Gasteiger charge is -2.45. The number of unbranched alkanes of at least 4 members (excludes halogenated alkanes) is 1. The summed E-state index contributed by atoms with van der Waals surface area (Å²) in [7, 11) is 0. The Bertz CT molecular complexity index is 1820. The van der Waals surface area contributed by atoms with Crippen molar-refractivity contribution >= 4 is 22.6 Å². The quantitative estimate of drug-likeness (QED) is 0.104. The lowest BCUT2D eigenvalue weighted by atomic mass is 9.85. The number of benzene rings is 3. The molecule has 0 radical (unpaired) electrons. The van der Waals surface area contributed by atoms with Gasteiger partial charge in [0.05, 0.1) is 18.2 Å². The molecular weight excluding hydrogens is 608 g/mol. The van der Waals surface area contributed by atoms with Gasteiger partial charge in [0.15, 0.2) is 5.54 Å². The first kappa shape index (κ1) is 32.2. The SMILES string of the molecule is O=C(O[C@H]1CN2CCC1CC2)C1(Nc2cccc(OCCCCNC[C@H](O)c3ccc(O)c4[nH]c(=O)ccc34)c2)CCc2ccccc21. The zero-order valence-corrected chi connectivity index (χ0v) is 27.1. The predicted octanol–water partition coefficient (Wildman–Crippen LogP) is 4.61. The monoisotopic (exact) mass is 652 g/mol. The Morgan fingerprint density at radius 2 is 1.90 bits per heavy atom. The maximum absolute atomic E-state index is 14.1. The molecule has 1 unspecified atom stereocenters. The van der Waals surface area contributed by atoms with Crippen LogP contribution in [0.2, 0.25) is 0 Å². The van der Waals surface area contributed by atoms with Crippen LogP contribution >= 0.6 is 0 Å². The van der Waals surface area contributed by atoms with Crippen LogP contribution in [0.5, 0.6) is 11.5 Å². The largest absolute Gasteiger partial charge is 0.506 e. The number of fused-ring (bicyclic) bond motifs is 5. The topological polar surface area (TPSA) is 136 Å². The molecule has 4 aromatic rings. The number of aliphatic hydroxyl groups excluding tert-OH is 1. The van der Waals surface area contributed by atoms with Crippen molar-refractivity contribution < 1.29 is 24.5 Å². The number of carbonyl (C=O) groups excluding carboxylic acids is 1. The molecule has 3 aliphatic heterocycles. The summed E-state index contributed by atoms with van der Waals surface area (Å²) in [5, 5.41) is 28.4. The minimum absolute atomic E-state index is 0.0292. The van der Waals surface area contributed by atoms with Gasteiger partial charge in [-0.15, -0.1) is 0 Å². The molecule has 1 aliphatic carbocycles. The van der Waals surface area contributed by atoms with Crippen LogP contribution in [-0.4, -0.2) is 71.5 Å². The van der Waals surface area contributed by atoms with E-state index in [9.17, 15) is 19.8 Å². The van der Waals surface area contributed by atoms with Crippen molar-refractivity contribution in [2.75, 3.05) is 44.6 Å². The molecule has 10 heteroatoms. The van der Waals surface area contributed by atoms with Gasteiger partial charge in [-0.3, -0.25) is 9.69 Å². The van der Waals surface area contributed by atoms with Crippen LogP contribution in [0.3, 0.4) is 0 Å². The van der Waals surface area contributed by atoms with Crippen LogP contribution in [-0.2, 0) is 21.5 Å². The van der Waals surface area contributed by atoms with E-state index < -0.39 is 11.6 Å². The predicted molar refractivity (Wildman–Crippen MR) is 184 cm³/mol. The molecule has 0 spiro atoms. The van der Waals surface area contributed by atoms with Gasteiger partial charge >= 0.3 is 5.97 Å². The van der Waals surface area contributed by atoms with Gasteiger partial charge in [-0.05, 0) is 105 Å². The van der Waals surface area contributed by atoms with Gasteiger partial charge in [0.1, 0.15) is 17.6 Å². The third kappa shape index (κ3) is 6.65. The number of aliphatic hydroxyl groups is 1. The number of aromatic hydroxyl groups is 1. The number of carbonyl (C=O) groups is 1. The number of hydrogen-bond donors (Lipinski definition) is 5. The summed E-state index contributed by atoms with van der Waals surface area (Å²) in [5.41, 5.74) is 2.70. The number of aromatic nitrogens is 1. The lowest BCUT2D eigenvalue weighted by molar-refractivity contribution is -0.164. The minimum Gasteiger partial charge on any atom is -0.506 e. The van der Waals surface area contributed by atoms with Crippen LogP contribution < -0.4 is 20.9 Å². The molecule has 10 nitrogen and oxygen atoms in total. The maximum atomic E-state index is 14.1. The molecule has 3 saturated heterocycles. The lowest BCUT2D eigenvalue weighted by Crippen LogP contribution is -2.54. The molecule has 252 valence electrons. The summed E-state index contributed by atoms with van der Waals surface area (Å²) in [6, 6.07) is 22.1.